The monoisotopic (exact) mass is 478 g/mol. The molecular weight excluding hydrogens is 464 g/mol. The minimum atomic E-state index is -0.509. The molecule has 1 aliphatic carbocycles. The van der Waals surface area contributed by atoms with Gasteiger partial charge in [-0.2, -0.15) is 14.9 Å². The van der Waals surface area contributed by atoms with Crippen molar-refractivity contribution >= 4 is 39.2 Å². The number of nitrogens with zero attached hydrogens (tertiary/aromatic N) is 5. The average Bonchev–Trinajstić information content (AvgIpc) is 3.38. The lowest BCUT2D eigenvalue weighted by Gasteiger charge is -2.08. The Morgan fingerprint density at radius 3 is 2.87 bits per heavy atom. The molecule has 0 saturated heterocycles. The highest BCUT2D eigenvalue weighted by atomic mass is 79.9. The number of aromatic hydroxyl groups is 1. The van der Waals surface area contributed by atoms with Crippen LogP contribution >= 0.6 is 15.9 Å². The first-order valence-corrected chi connectivity index (χ1v) is 10.2. The highest BCUT2D eigenvalue weighted by molar-refractivity contribution is 9.10. The van der Waals surface area contributed by atoms with Crippen molar-refractivity contribution in [3.8, 4) is 11.9 Å². The Hall–Kier alpha value is -3.91. The Kier molecular flexibility index (Phi) is 4.56. The fraction of sp³-hybridized carbons (Fsp3) is 0.150. The van der Waals surface area contributed by atoms with E-state index in [0.29, 0.717) is 27.7 Å². The molecule has 1 fully saturated rings. The topological polar surface area (TPSA) is 147 Å². The van der Waals surface area contributed by atoms with E-state index in [9.17, 15) is 9.90 Å². The number of benzene rings is 1. The van der Waals surface area contributed by atoms with Gasteiger partial charge in [-0.05, 0) is 53.0 Å². The number of aromatic amines is 2. The molecule has 4 aromatic rings. The molecule has 0 atom stereocenters. The van der Waals surface area contributed by atoms with Gasteiger partial charge in [-0.15, -0.1) is 0 Å². The molecule has 1 saturated carbocycles. The van der Waals surface area contributed by atoms with E-state index in [4.69, 9.17) is 10.3 Å². The van der Waals surface area contributed by atoms with Gasteiger partial charge in [0.05, 0.1) is 29.6 Å². The van der Waals surface area contributed by atoms with Crippen molar-refractivity contribution in [1.82, 2.24) is 24.6 Å². The molecule has 11 heteroatoms. The largest absolute Gasteiger partial charge is 0.493 e. The number of halogens is 1. The first kappa shape index (κ1) is 19.1. The van der Waals surface area contributed by atoms with E-state index in [1.54, 1.807) is 35.0 Å². The third-order valence-electron chi connectivity index (χ3n) is 4.74. The van der Waals surface area contributed by atoms with Crippen molar-refractivity contribution in [3.05, 3.63) is 67.4 Å². The van der Waals surface area contributed by atoms with Crippen LogP contribution in [0.5, 0.6) is 5.88 Å². The summed E-state index contributed by atoms with van der Waals surface area (Å²) in [6, 6.07) is 9.40. The molecule has 0 unspecified atom stereocenters. The van der Waals surface area contributed by atoms with Gasteiger partial charge >= 0.3 is 5.69 Å². The van der Waals surface area contributed by atoms with Crippen LogP contribution in [0.2, 0.25) is 0 Å². The van der Waals surface area contributed by atoms with Crippen LogP contribution in [0.3, 0.4) is 0 Å². The molecule has 3 heterocycles. The van der Waals surface area contributed by atoms with Crippen LogP contribution in [-0.2, 0) is 0 Å². The Labute approximate surface area is 182 Å². The summed E-state index contributed by atoms with van der Waals surface area (Å²) in [7, 11) is 0. The van der Waals surface area contributed by atoms with E-state index in [1.165, 1.54) is 0 Å². The number of anilines is 2. The van der Waals surface area contributed by atoms with Gasteiger partial charge in [0.15, 0.2) is 11.1 Å². The molecule has 31 heavy (non-hydrogen) atoms. The fourth-order valence-corrected chi connectivity index (χ4v) is 3.56. The minimum absolute atomic E-state index is 0.232. The number of hydrogen-bond donors (Lipinski definition) is 4. The predicted molar refractivity (Wildman–Crippen MR) is 116 cm³/mol. The highest BCUT2D eigenvalue weighted by Gasteiger charge is 2.20. The molecule has 1 aliphatic rings. The summed E-state index contributed by atoms with van der Waals surface area (Å²) >= 11 is 3.47. The zero-order valence-corrected chi connectivity index (χ0v) is 17.5. The lowest BCUT2D eigenvalue weighted by atomic mass is 10.2. The number of nitriles is 1. The number of rotatable bonds is 4. The van der Waals surface area contributed by atoms with E-state index in [0.717, 1.165) is 23.0 Å². The third kappa shape index (κ3) is 3.80. The summed E-state index contributed by atoms with van der Waals surface area (Å²) in [5.41, 5.74) is 2.16. The van der Waals surface area contributed by atoms with Gasteiger partial charge < -0.3 is 15.4 Å². The Balaban J connectivity index is 1.66. The number of aromatic nitrogens is 5. The van der Waals surface area contributed by atoms with Crippen LogP contribution in [0.25, 0.3) is 11.7 Å². The van der Waals surface area contributed by atoms with Crippen molar-refractivity contribution in [2.45, 2.75) is 18.9 Å². The van der Waals surface area contributed by atoms with Gasteiger partial charge in [-0.25, -0.2) is 9.78 Å². The summed E-state index contributed by atoms with van der Waals surface area (Å²) < 4.78 is 2.36. The third-order valence-corrected chi connectivity index (χ3v) is 5.39. The van der Waals surface area contributed by atoms with Gasteiger partial charge in [-0.3, -0.25) is 9.98 Å². The zero-order valence-electron chi connectivity index (χ0n) is 15.9. The van der Waals surface area contributed by atoms with Gasteiger partial charge in [0.1, 0.15) is 11.5 Å². The maximum atomic E-state index is 11.4. The van der Waals surface area contributed by atoms with Crippen molar-refractivity contribution in [2.75, 3.05) is 5.32 Å². The van der Waals surface area contributed by atoms with Crippen LogP contribution in [0.4, 0.5) is 11.5 Å². The lowest BCUT2D eigenvalue weighted by Crippen LogP contribution is -2.19. The number of nitrogens with one attached hydrogen (secondary N) is 3. The summed E-state index contributed by atoms with van der Waals surface area (Å²) in [4.78, 5) is 25.6. The van der Waals surface area contributed by atoms with Crippen LogP contribution in [0.1, 0.15) is 24.1 Å². The van der Waals surface area contributed by atoms with E-state index in [1.807, 2.05) is 6.07 Å². The van der Waals surface area contributed by atoms with E-state index in [-0.39, 0.29) is 17.6 Å². The second-order valence-corrected chi connectivity index (χ2v) is 7.97. The fourth-order valence-electron chi connectivity index (χ4n) is 3.08. The van der Waals surface area contributed by atoms with Crippen LogP contribution < -0.4 is 21.7 Å². The number of hydrogen-bond acceptors (Lipinski definition) is 7. The molecule has 3 aromatic heterocycles. The van der Waals surface area contributed by atoms with Gasteiger partial charge in [0, 0.05) is 15.8 Å². The maximum absolute atomic E-state index is 11.4. The molecule has 1 aromatic carbocycles. The SMILES string of the molecule is N#Cc1ccc(Nc2cc(=NC3CC3)n3nc/c(=C\c4[nH]c(=O)[nH]c4O)c3n2)c(Br)c1. The molecule has 0 aliphatic heterocycles. The number of fused-ring (bicyclic) bond motifs is 1. The molecule has 0 amide bonds. The van der Waals surface area contributed by atoms with E-state index in [2.05, 4.69) is 47.4 Å². The molecule has 0 radical (unpaired) electrons. The number of H-pyrrole nitrogens is 2. The van der Waals surface area contributed by atoms with Gasteiger partial charge in [0.25, 0.3) is 0 Å². The van der Waals surface area contributed by atoms with Gasteiger partial charge in [-0.1, -0.05) is 0 Å². The summed E-state index contributed by atoms with van der Waals surface area (Å²) in [5, 5.41) is 27.2. The quantitative estimate of drug-likeness (QED) is 0.348. The van der Waals surface area contributed by atoms with E-state index >= 15 is 0 Å². The second kappa shape index (κ2) is 7.41. The Morgan fingerprint density at radius 1 is 1.35 bits per heavy atom. The minimum Gasteiger partial charge on any atom is -0.493 e. The van der Waals surface area contributed by atoms with Crippen LogP contribution in [-0.4, -0.2) is 35.7 Å². The van der Waals surface area contributed by atoms with Gasteiger partial charge in [0.2, 0.25) is 5.88 Å². The first-order valence-electron chi connectivity index (χ1n) is 9.42. The molecule has 0 spiro atoms. The Morgan fingerprint density at radius 2 is 2.19 bits per heavy atom. The standard InChI is InChI=1S/C20H15BrN8O2/c21-13-5-10(8-22)1-4-14(13)25-16-7-17(24-12-2-3-12)29-18(27-16)11(9-23-29)6-15-19(30)28-20(31)26-15/h1,4-7,9,12,25,30H,2-3H2,(H2,26,28,31)/b11-6+,24-17?. The van der Waals surface area contributed by atoms with Crippen LogP contribution in [0.15, 0.2) is 44.7 Å². The summed E-state index contributed by atoms with van der Waals surface area (Å²) in [6.07, 6.45) is 5.25. The predicted octanol–water partition coefficient (Wildman–Crippen LogP) is 1.44. The second-order valence-electron chi connectivity index (χ2n) is 7.11. The molecular formula is C20H15BrN8O2. The molecule has 4 N–H and O–H groups in total. The normalized spacial score (nSPS) is 14.8. The smallest absolute Gasteiger partial charge is 0.326 e. The van der Waals surface area contributed by atoms with Crippen molar-refractivity contribution < 1.29 is 5.11 Å². The van der Waals surface area contributed by atoms with Crippen LogP contribution in [0, 0.1) is 11.3 Å². The first-order chi connectivity index (χ1) is 15.0. The molecule has 0 bridgehead atoms. The molecule has 154 valence electrons. The zero-order chi connectivity index (χ0) is 21.5. The number of imidazole rings is 1. The van der Waals surface area contributed by atoms with E-state index < -0.39 is 5.69 Å². The maximum Gasteiger partial charge on any atom is 0.326 e. The molecule has 5 rings (SSSR count). The van der Waals surface area contributed by atoms with Crippen molar-refractivity contribution in [2.24, 2.45) is 4.99 Å². The van der Waals surface area contributed by atoms with Crippen molar-refractivity contribution in [1.29, 1.82) is 5.26 Å². The summed E-state index contributed by atoms with van der Waals surface area (Å²) in [5.74, 6) is 0.280. The summed E-state index contributed by atoms with van der Waals surface area (Å²) in [6.45, 7) is 0. The Bertz CT molecular complexity index is 1540. The lowest BCUT2D eigenvalue weighted by molar-refractivity contribution is 0.454. The highest BCUT2D eigenvalue weighted by Crippen LogP contribution is 2.26. The van der Waals surface area contributed by atoms with Crippen molar-refractivity contribution in [3.63, 3.8) is 0 Å². The molecule has 10 nitrogen and oxygen atoms in total. The average molecular weight is 479 g/mol.